The van der Waals surface area contributed by atoms with Crippen molar-refractivity contribution in [3.8, 4) is 0 Å². The molecule has 2 N–H and O–H groups in total. The molecule has 0 saturated carbocycles. The van der Waals surface area contributed by atoms with Crippen molar-refractivity contribution in [2.24, 2.45) is 0 Å². The smallest absolute Gasteiger partial charge is 0.274 e. The Balaban J connectivity index is 0.00000192. The fourth-order valence-corrected chi connectivity index (χ4v) is 3.22. The van der Waals surface area contributed by atoms with Gasteiger partial charge in [0, 0.05) is 37.9 Å². The lowest BCUT2D eigenvalue weighted by molar-refractivity contribution is -0.135. The van der Waals surface area contributed by atoms with Crippen LogP contribution in [0.3, 0.4) is 0 Å². The molecule has 2 aliphatic rings. The lowest BCUT2D eigenvalue weighted by Gasteiger charge is -2.40. The zero-order valence-corrected chi connectivity index (χ0v) is 14.2. The molecule has 3 rings (SSSR count). The summed E-state index contributed by atoms with van der Waals surface area (Å²) >= 11 is 0. The second-order valence-corrected chi connectivity index (χ2v) is 5.94. The number of nitrogens with one attached hydrogen (secondary N) is 2. The summed E-state index contributed by atoms with van der Waals surface area (Å²) in [5.41, 5.74) is 1.44. The number of carbonyl (C=O) groups is 2. The Morgan fingerprint density at radius 3 is 2.96 bits per heavy atom. The van der Waals surface area contributed by atoms with Gasteiger partial charge < -0.3 is 15.1 Å². The number of likely N-dealkylation sites (tertiary alicyclic amines) is 1. The number of amides is 2. The van der Waals surface area contributed by atoms with E-state index in [0.717, 1.165) is 44.6 Å². The molecule has 0 radical (unpaired) electrons. The number of rotatable bonds is 3. The summed E-state index contributed by atoms with van der Waals surface area (Å²) in [7, 11) is 0. The van der Waals surface area contributed by atoms with Crippen LogP contribution >= 0.6 is 12.4 Å². The van der Waals surface area contributed by atoms with E-state index >= 15 is 0 Å². The number of hydrogen-bond donors (Lipinski definition) is 2. The largest absolute Gasteiger partial charge is 0.336 e. The normalized spacial score (nSPS) is 22.0. The van der Waals surface area contributed by atoms with Gasteiger partial charge in [-0.15, -0.1) is 12.4 Å². The zero-order chi connectivity index (χ0) is 15.5. The molecule has 8 heteroatoms. The van der Waals surface area contributed by atoms with Gasteiger partial charge in [-0.2, -0.15) is 5.10 Å². The minimum Gasteiger partial charge on any atom is -0.336 e. The van der Waals surface area contributed by atoms with E-state index < -0.39 is 0 Å². The van der Waals surface area contributed by atoms with Crippen molar-refractivity contribution in [2.75, 3.05) is 32.7 Å². The van der Waals surface area contributed by atoms with Gasteiger partial charge in [-0.05, 0) is 25.3 Å². The summed E-state index contributed by atoms with van der Waals surface area (Å²) < 4.78 is 0. The zero-order valence-electron chi connectivity index (χ0n) is 13.4. The second-order valence-electron chi connectivity index (χ2n) is 5.94. The second kappa shape index (κ2) is 7.79. The van der Waals surface area contributed by atoms with Gasteiger partial charge >= 0.3 is 0 Å². The maximum absolute atomic E-state index is 12.6. The highest BCUT2D eigenvalue weighted by Crippen LogP contribution is 2.18. The van der Waals surface area contributed by atoms with Gasteiger partial charge in [0.15, 0.2) is 0 Å². The third-order valence-corrected chi connectivity index (χ3v) is 4.48. The van der Waals surface area contributed by atoms with Crippen LogP contribution in [0.15, 0.2) is 6.07 Å². The molecule has 0 aromatic carbocycles. The van der Waals surface area contributed by atoms with E-state index in [9.17, 15) is 9.59 Å². The minimum atomic E-state index is -0.0387. The summed E-state index contributed by atoms with van der Waals surface area (Å²) in [4.78, 5) is 28.4. The summed E-state index contributed by atoms with van der Waals surface area (Å²) in [5.74, 6) is 0.0989. The lowest BCUT2D eigenvalue weighted by Crippen LogP contribution is -2.57. The highest BCUT2D eigenvalue weighted by Gasteiger charge is 2.32. The van der Waals surface area contributed by atoms with Gasteiger partial charge in [0.1, 0.15) is 5.69 Å². The van der Waals surface area contributed by atoms with Crippen molar-refractivity contribution in [1.82, 2.24) is 25.3 Å². The molecular formula is C15H24ClN5O2. The highest BCUT2D eigenvalue weighted by atomic mass is 35.5. The Labute approximate surface area is 142 Å². The number of aryl methyl sites for hydroxylation is 1. The highest BCUT2D eigenvalue weighted by molar-refractivity contribution is 5.92. The van der Waals surface area contributed by atoms with Crippen LogP contribution < -0.4 is 5.32 Å². The van der Waals surface area contributed by atoms with E-state index in [0.29, 0.717) is 18.8 Å². The monoisotopic (exact) mass is 341 g/mol. The molecule has 1 aromatic heterocycles. The molecule has 2 saturated heterocycles. The minimum absolute atomic E-state index is 0. The van der Waals surface area contributed by atoms with Crippen LogP contribution in [-0.2, 0) is 11.2 Å². The van der Waals surface area contributed by atoms with E-state index in [1.807, 2.05) is 22.8 Å². The van der Waals surface area contributed by atoms with Crippen LogP contribution in [0.25, 0.3) is 0 Å². The number of H-pyrrole nitrogens is 1. The van der Waals surface area contributed by atoms with E-state index in [1.165, 1.54) is 0 Å². The van der Waals surface area contributed by atoms with Crippen molar-refractivity contribution in [3.05, 3.63) is 17.5 Å². The van der Waals surface area contributed by atoms with E-state index in [2.05, 4.69) is 15.5 Å². The fraction of sp³-hybridized carbons (Fsp3) is 0.667. The Hall–Kier alpha value is -1.60. The number of piperidine rings is 1. The molecule has 7 nitrogen and oxygen atoms in total. The molecule has 2 aliphatic heterocycles. The Morgan fingerprint density at radius 1 is 1.43 bits per heavy atom. The van der Waals surface area contributed by atoms with Crippen LogP contribution in [0, 0.1) is 0 Å². The fourth-order valence-electron chi connectivity index (χ4n) is 3.22. The Morgan fingerprint density at radius 2 is 2.26 bits per heavy atom. The van der Waals surface area contributed by atoms with E-state index in [4.69, 9.17) is 0 Å². The molecule has 0 aliphatic carbocycles. The van der Waals surface area contributed by atoms with Gasteiger partial charge in [-0.1, -0.05) is 6.92 Å². The first-order valence-electron chi connectivity index (χ1n) is 8.02. The third kappa shape index (κ3) is 3.84. The number of nitrogens with zero attached hydrogens (tertiary/aromatic N) is 3. The van der Waals surface area contributed by atoms with Crippen molar-refractivity contribution < 1.29 is 9.59 Å². The van der Waals surface area contributed by atoms with Gasteiger partial charge in [-0.3, -0.25) is 14.7 Å². The molecule has 128 valence electrons. The first kappa shape index (κ1) is 17.7. The number of aromatic nitrogens is 2. The summed E-state index contributed by atoms with van der Waals surface area (Å²) in [6, 6.07) is 1.96. The summed E-state index contributed by atoms with van der Waals surface area (Å²) in [5, 5.41) is 10.1. The number of carbonyl (C=O) groups excluding carboxylic acids is 2. The van der Waals surface area contributed by atoms with Crippen LogP contribution in [0.4, 0.5) is 0 Å². The van der Waals surface area contributed by atoms with Crippen LogP contribution in [-0.4, -0.2) is 70.6 Å². The number of halogens is 1. The van der Waals surface area contributed by atoms with E-state index in [1.54, 1.807) is 0 Å². The standard InChI is InChI=1S/C15H23N5O2.ClH/c1-2-11-8-13(18-17-11)15(22)19-6-3-4-12(10-19)20-7-5-16-9-14(20)21;/h8,12,16H,2-7,9-10H2,1H3,(H,17,18);1H. The summed E-state index contributed by atoms with van der Waals surface area (Å²) in [6.07, 6.45) is 2.73. The average molecular weight is 342 g/mol. The number of piperazine rings is 1. The topological polar surface area (TPSA) is 81.3 Å². The molecule has 1 atom stereocenters. The van der Waals surface area contributed by atoms with Crippen molar-refractivity contribution >= 4 is 24.2 Å². The maximum atomic E-state index is 12.6. The number of aromatic amines is 1. The van der Waals surface area contributed by atoms with Gasteiger partial charge in [0.2, 0.25) is 5.91 Å². The lowest BCUT2D eigenvalue weighted by atomic mass is 10.0. The first-order valence-corrected chi connectivity index (χ1v) is 8.02. The molecule has 0 spiro atoms. The maximum Gasteiger partial charge on any atom is 0.274 e. The summed E-state index contributed by atoms with van der Waals surface area (Å²) in [6.45, 7) is 5.34. The average Bonchev–Trinajstić information content (AvgIpc) is 3.04. The molecular weight excluding hydrogens is 318 g/mol. The first-order chi connectivity index (χ1) is 10.7. The number of hydrogen-bond acceptors (Lipinski definition) is 4. The van der Waals surface area contributed by atoms with Crippen molar-refractivity contribution in [1.29, 1.82) is 0 Å². The molecule has 2 fully saturated rings. The predicted octanol–water partition coefficient (Wildman–Crippen LogP) is 0.430. The van der Waals surface area contributed by atoms with Gasteiger partial charge in [0.25, 0.3) is 5.91 Å². The van der Waals surface area contributed by atoms with Gasteiger partial charge in [-0.25, -0.2) is 0 Å². The van der Waals surface area contributed by atoms with Crippen LogP contribution in [0.2, 0.25) is 0 Å². The van der Waals surface area contributed by atoms with Crippen molar-refractivity contribution in [2.45, 2.75) is 32.2 Å². The molecule has 2 amide bonds. The van der Waals surface area contributed by atoms with Gasteiger partial charge in [0.05, 0.1) is 6.54 Å². The molecule has 23 heavy (non-hydrogen) atoms. The molecule has 3 heterocycles. The molecule has 0 bridgehead atoms. The quantitative estimate of drug-likeness (QED) is 0.835. The Bertz CT molecular complexity index is 562. The predicted molar refractivity (Wildman–Crippen MR) is 88.7 cm³/mol. The molecule has 1 unspecified atom stereocenters. The van der Waals surface area contributed by atoms with Crippen molar-refractivity contribution in [3.63, 3.8) is 0 Å². The van der Waals surface area contributed by atoms with E-state index in [-0.39, 0.29) is 30.3 Å². The van der Waals surface area contributed by atoms with Crippen LogP contribution in [0.1, 0.15) is 35.9 Å². The SMILES string of the molecule is CCc1cc(C(=O)N2CCCC(N3CCNCC3=O)C2)n[nH]1.Cl. The van der Waals surface area contributed by atoms with Crippen LogP contribution in [0.5, 0.6) is 0 Å². The third-order valence-electron chi connectivity index (χ3n) is 4.48. The molecule has 1 aromatic rings. The Kier molecular flexibility index (Phi) is 6.01.